The molecule has 0 saturated carbocycles. The summed E-state index contributed by atoms with van der Waals surface area (Å²) in [6.45, 7) is 3.87. The van der Waals surface area contributed by atoms with Crippen LogP contribution in [-0.4, -0.2) is 22.4 Å². The highest BCUT2D eigenvalue weighted by Gasteiger charge is 2.09. The molecule has 0 saturated heterocycles. The molecule has 0 aromatic heterocycles. The molecular weight excluding hydrogens is 176 g/mol. The first-order valence-electron chi connectivity index (χ1n) is 6.04. The van der Waals surface area contributed by atoms with Crippen molar-refractivity contribution in [3.8, 4) is 0 Å². The second-order valence-corrected chi connectivity index (χ2v) is 4.22. The molecule has 86 valence electrons. The maximum Gasteiger partial charge on any atom is 0.0796 e. The van der Waals surface area contributed by atoms with Crippen LogP contribution in [0.2, 0.25) is 0 Å². The first-order chi connectivity index (χ1) is 6.68. The Morgan fingerprint density at radius 1 is 0.857 bits per heavy atom. The third kappa shape index (κ3) is 8.52. The summed E-state index contributed by atoms with van der Waals surface area (Å²) in [6.07, 6.45) is 8.44. The summed E-state index contributed by atoms with van der Waals surface area (Å²) in [4.78, 5) is 0. The van der Waals surface area contributed by atoms with Crippen LogP contribution >= 0.6 is 0 Å². The Morgan fingerprint density at radius 3 is 1.86 bits per heavy atom. The smallest absolute Gasteiger partial charge is 0.0796 e. The second kappa shape index (κ2) is 9.47. The van der Waals surface area contributed by atoms with E-state index in [4.69, 9.17) is 5.11 Å². The van der Waals surface area contributed by atoms with Gasteiger partial charge >= 0.3 is 0 Å². The van der Waals surface area contributed by atoms with Crippen molar-refractivity contribution in [1.29, 1.82) is 0 Å². The molecule has 14 heavy (non-hydrogen) atoms. The molecule has 0 fully saturated rings. The summed E-state index contributed by atoms with van der Waals surface area (Å²) in [5, 5.41) is 18.4. The van der Waals surface area contributed by atoms with Crippen molar-refractivity contribution in [3.63, 3.8) is 0 Å². The lowest BCUT2D eigenvalue weighted by molar-refractivity contribution is 0.0247. The van der Waals surface area contributed by atoms with Crippen LogP contribution in [0.25, 0.3) is 0 Å². The van der Waals surface area contributed by atoms with E-state index < -0.39 is 12.2 Å². The quantitative estimate of drug-likeness (QED) is 0.564. The number of rotatable bonds is 9. The first-order valence-corrected chi connectivity index (χ1v) is 6.04. The van der Waals surface area contributed by atoms with Crippen LogP contribution in [0.4, 0.5) is 0 Å². The number of aliphatic hydroxyl groups is 2. The van der Waals surface area contributed by atoms with Gasteiger partial charge in [-0.05, 0) is 13.3 Å². The molecule has 0 aromatic carbocycles. The van der Waals surface area contributed by atoms with Crippen molar-refractivity contribution in [1.82, 2.24) is 0 Å². The number of unbranched alkanes of at least 4 members (excludes halogenated alkanes) is 6. The molecule has 0 amide bonds. The van der Waals surface area contributed by atoms with Gasteiger partial charge in [-0.25, -0.2) is 0 Å². The number of hydrogen-bond acceptors (Lipinski definition) is 2. The van der Waals surface area contributed by atoms with Crippen molar-refractivity contribution in [2.24, 2.45) is 0 Å². The molecule has 2 nitrogen and oxygen atoms in total. The van der Waals surface area contributed by atoms with Gasteiger partial charge in [-0.3, -0.25) is 0 Å². The van der Waals surface area contributed by atoms with Crippen molar-refractivity contribution in [2.45, 2.75) is 77.4 Å². The highest BCUT2D eigenvalue weighted by molar-refractivity contribution is 4.61. The lowest BCUT2D eigenvalue weighted by atomic mass is 10.0. The Morgan fingerprint density at radius 2 is 1.36 bits per heavy atom. The van der Waals surface area contributed by atoms with Crippen LogP contribution in [0.3, 0.4) is 0 Å². The average molecular weight is 202 g/mol. The zero-order valence-corrected chi connectivity index (χ0v) is 9.71. The van der Waals surface area contributed by atoms with Gasteiger partial charge in [0, 0.05) is 0 Å². The average Bonchev–Trinajstić information content (AvgIpc) is 2.16. The van der Waals surface area contributed by atoms with E-state index >= 15 is 0 Å². The summed E-state index contributed by atoms with van der Waals surface area (Å²) < 4.78 is 0. The molecule has 0 aliphatic heterocycles. The predicted octanol–water partition coefficient (Wildman–Crippen LogP) is 2.87. The minimum Gasteiger partial charge on any atom is -0.391 e. The SMILES string of the molecule is CCCCCCCCCC(O)C(C)O. The minimum absolute atomic E-state index is 0.523. The van der Waals surface area contributed by atoms with Gasteiger partial charge in [-0.1, -0.05) is 51.9 Å². The molecule has 0 aliphatic rings. The molecule has 0 rings (SSSR count). The molecule has 0 heterocycles. The van der Waals surface area contributed by atoms with Crippen LogP contribution in [0.15, 0.2) is 0 Å². The summed E-state index contributed by atoms with van der Waals surface area (Å²) in [5.41, 5.74) is 0. The van der Waals surface area contributed by atoms with E-state index in [0.29, 0.717) is 0 Å². The molecule has 2 unspecified atom stereocenters. The lowest BCUT2D eigenvalue weighted by Crippen LogP contribution is -2.21. The Kier molecular flexibility index (Phi) is 9.42. The normalized spacial score (nSPS) is 15.4. The van der Waals surface area contributed by atoms with Crippen molar-refractivity contribution < 1.29 is 10.2 Å². The number of hydrogen-bond donors (Lipinski definition) is 2. The Hall–Kier alpha value is -0.0800. The lowest BCUT2D eigenvalue weighted by Gasteiger charge is -2.12. The minimum atomic E-state index is -0.574. The maximum atomic E-state index is 9.32. The summed E-state index contributed by atoms with van der Waals surface area (Å²) in [5.74, 6) is 0. The van der Waals surface area contributed by atoms with Crippen LogP contribution in [0, 0.1) is 0 Å². The molecule has 2 heteroatoms. The Bertz CT molecular complexity index is 113. The summed E-state index contributed by atoms with van der Waals surface area (Å²) >= 11 is 0. The summed E-state index contributed by atoms with van der Waals surface area (Å²) in [6, 6.07) is 0. The van der Waals surface area contributed by atoms with Crippen molar-refractivity contribution in [3.05, 3.63) is 0 Å². The van der Waals surface area contributed by atoms with Crippen LogP contribution in [0.1, 0.15) is 65.2 Å². The molecule has 0 spiro atoms. The molecular formula is C12H26O2. The Labute approximate surface area is 88.3 Å². The zero-order valence-electron chi connectivity index (χ0n) is 9.71. The Balaban J connectivity index is 3.06. The fourth-order valence-electron chi connectivity index (χ4n) is 1.55. The number of aliphatic hydroxyl groups excluding tert-OH is 2. The molecule has 0 radical (unpaired) electrons. The van der Waals surface area contributed by atoms with Gasteiger partial charge in [-0.15, -0.1) is 0 Å². The predicted molar refractivity (Wildman–Crippen MR) is 60.3 cm³/mol. The fourth-order valence-corrected chi connectivity index (χ4v) is 1.55. The largest absolute Gasteiger partial charge is 0.391 e. The maximum absolute atomic E-state index is 9.32. The molecule has 0 aromatic rings. The standard InChI is InChI=1S/C12H26O2/c1-3-4-5-6-7-8-9-10-12(14)11(2)13/h11-14H,3-10H2,1-2H3. The molecule has 2 N–H and O–H groups in total. The molecule has 0 aliphatic carbocycles. The topological polar surface area (TPSA) is 40.5 Å². The van der Waals surface area contributed by atoms with Gasteiger partial charge in [0.15, 0.2) is 0 Å². The van der Waals surface area contributed by atoms with E-state index in [-0.39, 0.29) is 0 Å². The summed E-state index contributed by atoms with van der Waals surface area (Å²) in [7, 11) is 0. The van der Waals surface area contributed by atoms with Gasteiger partial charge in [0.1, 0.15) is 0 Å². The van der Waals surface area contributed by atoms with E-state index in [1.807, 2.05) is 0 Å². The van der Waals surface area contributed by atoms with E-state index in [1.165, 1.54) is 38.5 Å². The van der Waals surface area contributed by atoms with Crippen molar-refractivity contribution >= 4 is 0 Å². The van der Waals surface area contributed by atoms with E-state index in [9.17, 15) is 5.11 Å². The van der Waals surface area contributed by atoms with Crippen molar-refractivity contribution in [2.75, 3.05) is 0 Å². The zero-order chi connectivity index (χ0) is 10.8. The van der Waals surface area contributed by atoms with Crippen LogP contribution in [0.5, 0.6) is 0 Å². The highest BCUT2D eigenvalue weighted by Crippen LogP contribution is 2.10. The fraction of sp³-hybridized carbons (Fsp3) is 1.00. The van der Waals surface area contributed by atoms with E-state index in [0.717, 1.165) is 12.8 Å². The third-order valence-corrected chi connectivity index (χ3v) is 2.66. The van der Waals surface area contributed by atoms with E-state index in [1.54, 1.807) is 6.92 Å². The van der Waals surface area contributed by atoms with E-state index in [2.05, 4.69) is 6.92 Å². The van der Waals surface area contributed by atoms with Gasteiger partial charge in [0.2, 0.25) is 0 Å². The van der Waals surface area contributed by atoms with Crippen LogP contribution in [-0.2, 0) is 0 Å². The van der Waals surface area contributed by atoms with Gasteiger partial charge < -0.3 is 10.2 Å². The first kappa shape index (κ1) is 13.9. The van der Waals surface area contributed by atoms with Crippen LogP contribution < -0.4 is 0 Å². The molecule has 0 bridgehead atoms. The molecule has 2 atom stereocenters. The highest BCUT2D eigenvalue weighted by atomic mass is 16.3. The third-order valence-electron chi connectivity index (χ3n) is 2.66. The van der Waals surface area contributed by atoms with Gasteiger partial charge in [0.25, 0.3) is 0 Å². The van der Waals surface area contributed by atoms with Gasteiger partial charge in [-0.2, -0.15) is 0 Å². The second-order valence-electron chi connectivity index (χ2n) is 4.22. The van der Waals surface area contributed by atoms with Gasteiger partial charge in [0.05, 0.1) is 12.2 Å². The monoisotopic (exact) mass is 202 g/mol.